The number of carbonyl (C=O) groups is 3. The fourth-order valence-electron chi connectivity index (χ4n) is 1.24. The first-order chi connectivity index (χ1) is 8.93. The van der Waals surface area contributed by atoms with Crippen LogP contribution < -0.4 is 4.74 Å². The Balaban J connectivity index is 2.74. The van der Waals surface area contributed by atoms with Crippen LogP contribution in [0.3, 0.4) is 0 Å². The number of aromatic carboxylic acids is 1. The normalized spacial score (nSPS) is 9.79. The van der Waals surface area contributed by atoms with Gasteiger partial charge in [-0.25, -0.2) is 4.79 Å². The van der Waals surface area contributed by atoms with Gasteiger partial charge in [0.05, 0.1) is 20.0 Å². The first-order valence-corrected chi connectivity index (χ1v) is 5.62. The van der Waals surface area contributed by atoms with Crippen LogP contribution in [0.4, 0.5) is 0 Å². The molecular formula is C12H11ClO6. The maximum absolute atomic E-state index is 11.4. The van der Waals surface area contributed by atoms with E-state index >= 15 is 0 Å². The molecule has 0 bridgehead atoms. The number of ether oxygens (including phenoxy) is 2. The molecule has 0 radical (unpaired) electrons. The van der Waals surface area contributed by atoms with E-state index < -0.39 is 17.9 Å². The van der Waals surface area contributed by atoms with Gasteiger partial charge in [0.25, 0.3) is 0 Å². The summed E-state index contributed by atoms with van der Waals surface area (Å²) in [4.78, 5) is 33.2. The number of benzene rings is 1. The van der Waals surface area contributed by atoms with E-state index in [9.17, 15) is 14.4 Å². The minimum atomic E-state index is -1.27. The molecule has 0 unspecified atom stereocenters. The lowest BCUT2D eigenvalue weighted by atomic mass is 10.2. The quantitative estimate of drug-likeness (QED) is 0.657. The van der Waals surface area contributed by atoms with Crippen LogP contribution in [-0.2, 0) is 14.3 Å². The van der Waals surface area contributed by atoms with Crippen LogP contribution in [0.1, 0.15) is 23.2 Å². The molecule has 0 heterocycles. The van der Waals surface area contributed by atoms with Crippen molar-refractivity contribution in [2.24, 2.45) is 0 Å². The van der Waals surface area contributed by atoms with Crippen LogP contribution in [0.15, 0.2) is 18.2 Å². The molecule has 0 saturated carbocycles. The Morgan fingerprint density at radius 2 is 1.84 bits per heavy atom. The van der Waals surface area contributed by atoms with Gasteiger partial charge in [0, 0.05) is 5.02 Å². The molecule has 0 atom stereocenters. The van der Waals surface area contributed by atoms with Gasteiger partial charge in [-0.15, -0.1) is 0 Å². The molecule has 1 rings (SSSR count). The Morgan fingerprint density at radius 1 is 1.21 bits per heavy atom. The van der Waals surface area contributed by atoms with Crippen molar-refractivity contribution < 1.29 is 29.0 Å². The molecule has 0 fully saturated rings. The summed E-state index contributed by atoms with van der Waals surface area (Å²) in [6, 6.07) is 3.85. The summed E-state index contributed by atoms with van der Waals surface area (Å²) in [5, 5.41) is 9.15. The third kappa shape index (κ3) is 4.59. The standard InChI is InChI=1S/C12H11ClO6/c1-18-10(14)4-5-11(15)19-9-3-2-7(13)6-8(9)12(16)17/h2-3,6H,4-5H2,1H3,(H,16,17). The van der Waals surface area contributed by atoms with Crippen LogP contribution >= 0.6 is 11.6 Å². The van der Waals surface area contributed by atoms with E-state index in [-0.39, 0.29) is 29.2 Å². The first-order valence-electron chi connectivity index (χ1n) is 5.24. The van der Waals surface area contributed by atoms with Gasteiger partial charge in [-0.1, -0.05) is 11.6 Å². The second-order valence-corrected chi connectivity index (χ2v) is 3.93. The van der Waals surface area contributed by atoms with E-state index in [0.717, 1.165) is 0 Å². The maximum atomic E-state index is 11.4. The molecule has 0 saturated heterocycles. The topological polar surface area (TPSA) is 89.9 Å². The molecule has 1 aromatic rings. The average molecular weight is 287 g/mol. The number of carboxylic acid groups (broad SMARTS) is 1. The number of hydrogen-bond acceptors (Lipinski definition) is 5. The maximum Gasteiger partial charge on any atom is 0.339 e. The van der Waals surface area contributed by atoms with E-state index in [2.05, 4.69) is 4.74 Å². The highest BCUT2D eigenvalue weighted by Gasteiger charge is 2.16. The minimum absolute atomic E-state index is 0.119. The molecule has 0 aliphatic carbocycles. The average Bonchev–Trinajstić information content (AvgIpc) is 2.37. The molecule has 7 heteroatoms. The van der Waals surface area contributed by atoms with Crippen molar-refractivity contribution in [3.8, 4) is 5.75 Å². The third-order valence-electron chi connectivity index (χ3n) is 2.16. The predicted molar refractivity (Wildman–Crippen MR) is 65.3 cm³/mol. The van der Waals surface area contributed by atoms with Crippen molar-refractivity contribution in [2.75, 3.05) is 7.11 Å². The molecule has 0 aliphatic heterocycles. The predicted octanol–water partition coefficient (Wildman–Crippen LogP) is 1.90. The summed E-state index contributed by atoms with van der Waals surface area (Å²) >= 11 is 5.65. The molecular weight excluding hydrogens is 276 g/mol. The van der Waals surface area contributed by atoms with Gasteiger partial charge in [0.1, 0.15) is 11.3 Å². The zero-order valence-electron chi connectivity index (χ0n) is 10.0. The number of methoxy groups -OCH3 is 1. The summed E-state index contributed by atoms with van der Waals surface area (Å²) in [5.41, 5.74) is -0.223. The minimum Gasteiger partial charge on any atom is -0.478 e. The van der Waals surface area contributed by atoms with Crippen molar-refractivity contribution in [1.82, 2.24) is 0 Å². The van der Waals surface area contributed by atoms with Gasteiger partial charge in [0.15, 0.2) is 0 Å². The van der Waals surface area contributed by atoms with Crippen molar-refractivity contribution in [3.05, 3.63) is 28.8 Å². The summed E-state index contributed by atoms with van der Waals surface area (Å²) in [7, 11) is 1.20. The van der Waals surface area contributed by atoms with E-state index in [1.165, 1.54) is 25.3 Å². The molecule has 0 aromatic heterocycles. The molecule has 19 heavy (non-hydrogen) atoms. The summed E-state index contributed by atoms with van der Waals surface area (Å²) < 4.78 is 9.24. The number of carbonyl (C=O) groups excluding carboxylic acids is 2. The van der Waals surface area contributed by atoms with Gasteiger partial charge in [-0.2, -0.15) is 0 Å². The van der Waals surface area contributed by atoms with Gasteiger partial charge in [-0.05, 0) is 18.2 Å². The highest BCUT2D eigenvalue weighted by Crippen LogP contribution is 2.23. The van der Waals surface area contributed by atoms with E-state index in [0.29, 0.717) is 0 Å². The van der Waals surface area contributed by atoms with Crippen LogP contribution in [0.25, 0.3) is 0 Å². The summed E-state index contributed by atoms with van der Waals surface area (Å²) in [6.07, 6.45) is -0.334. The molecule has 6 nitrogen and oxygen atoms in total. The van der Waals surface area contributed by atoms with E-state index in [4.69, 9.17) is 21.4 Å². The Morgan fingerprint density at radius 3 is 2.42 bits per heavy atom. The Kier molecular flexibility index (Phi) is 5.32. The van der Waals surface area contributed by atoms with Gasteiger partial charge >= 0.3 is 17.9 Å². The third-order valence-corrected chi connectivity index (χ3v) is 2.39. The molecule has 0 amide bonds. The van der Waals surface area contributed by atoms with Crippen molar-refractivity contribution >= 4 is 29.5 Å². The van der Waals surface area contributed by atoms with Crippen molar-refractivity contribution in [2.45, 2.75) is 12.8 Å². The lowest BCUT2D eigenvalue weighted by molar-refractivity contribution is -0.144. The zero-order valence-corrected chi connectivity index (χ0v) is 10.8. The number of halogens is 1. The molecule has 1 aromatic carbocycles. The molecule has 0 spiro atoms. The second-order valence-electron chi connectivity index (χ2n) is 3.50. The molecule has 0 aliphatic rings. The van der Waals surface area contributed by atoms with Gasteiger partial charge in [0.2, 0.25) is 0 Å². The van der Waals surface area contributed by atoms with Crippen molar-refractivity contribution in [1.29, 1.82) is 0 Å². The Bertz CT molecular complexity index is 511. The monoisotopic (exact) mass is 286 g/mol. The van der Waals surface area contributed by atoms with Crippen LogP contribution in [0, 0.1) is 0 Å². The second kappa shape index (κ2) is 6.75. The largest absolute Gasteiger partial charge is 0.478 e. The van der Waals surface area contributed by atoms with Gasteiger partial charge < -0.3 is 14.6 Å². The number of esters is 2. The molecule has 1 N–H and O–H groups in total. The summed E-state index contributed by atoms with van der Waals surface area (Å²) in [6.45, 7) is 0. The Labute approximate surface area is 113 Å². The lowest BCUT2D eigenvalue weighted by Gasteiger charge is -2.07. The lowest BCUT2D eigenvalue weighted by Crippen LogP contribution is -2.13. The zero-order chi connectivity index (χ0) is 14.4. The number of rotatable bonds is 5. The number of hydrogen-bond donors (Lipinski definition) is 1. The van der Waals surface area contributed by atoms with Crippen LogP contribution in [0.2, 0.25) is 5.02 Å². The first kappa shape index (κ1) is 15.0. The Hall–Kier alpha value is -2.08. The summed E-state index contributed by atoms with van der Waals surface area (Å²) in [5.74, 6) is -2.66. The fraction of sp³-hybridized carbons (Fsp3) is 0.250. The SMILES string of the molecule is COC(=O)CCC(=O)Oc1ccc(Cl)cc1C(=O)O. The van der Waals surface area contributed by atoms with E-state index in [1.807, 2.05) is 0 Å². The highest BCUT2D eigenvalue weighted by atomic mass is 35.5. The van der Waals surface area contributed by atoms with Crippen LogP contribution in [-0.4, -0.2) is 30.1 Å². The van der Waals surface area contributed by atoms with Crippen molar-refractivity contribution in [3.63, 3.8) is 0 Å². The molecule has 102 valence electrons. The highest BCUT2D eigenvalue weighted by molar-refractivity contribution is 6.31. The van der Waals surface area contributed by atoms with Crippen LogP contribution in [0.5, 0.6) is 5.75 Å². The smallest absolute Gasteiger partial charge is 0.339 e. The number of carboxylic acids is 1. The fourth-order valence-corrected chi connectivity index (χ4v) is 1.41. The van der Waals surface area contributed by atoms with Gasteiger partial charge in [-0.3, -0.25) is 9.59 Å². The van der Waals surface area contributed by atoms with E-state index in [1.54, 1.807) is 0 Å².